The molecule has 0 bridgehead atoms. The predicted molar refractivity (Wildman–Crippen MR) is 100 cm³/mol. The van der Waals surface area contributed by atoms with Gasteiger partial charge in [-0.15, -0.1) is 0 Å². The minimum atomic E-state index is -0.0255. The molecule has 1 aromatic heterocycles. The highest BCUT2D eigenvalue weighted by molar-refractivity contribution is 5.92. The van der Waals surface area contributed by atoms with Crippen molar-refractivity contribution in [1.82, 2.24) is 14.8 Å². The third kappa shape index (κ3) is 4.20. The molecular formula is C19H26N4O2. The van der Waals surface area contributed by atoms with Crippen molar-refractivity contribution < 1.29 is 9.53 Å². The average Bonchev–Trinajstić information content (AvgIpc) is 3.09. The molecule has 1 aliphatic rings. The van der Waals surface area contributed by atoms with Gasteiger partial charge in [-0.05, 0) is 50.2 Å². The van der Waals surface area contributed by atoms with Gasteiger partial charge in [-0.25, -0.2) is 9.78 Å². The lowest BCUT2D eigenvalue weighted by atomic mass is 10.1. The van der Waals surface area contributed by atoms with Crippen LogP contribution in [0.4, 0.5) is 10.5 Å². The highest BCUT2D eigenvalue weighted by Gasteiger charge is 2.26. The number of aromatic nitrogens is 1. The van der Waals surface area contributed by atoms with E-state index >= 15 is 0 Å². The molecular weight excluding hydrogens is 316 g/mol. The van der Waals surface area contributed by atoms with Crippen LogP contribution in [0.15, 0.2) is 30.3 Å². The molecule has 2 amide bonds. The van der Waals surface area contributed by atoms with Gasteiger partial charge in [0.05, 0.1) is 12.6 Å². The van der Waals surface area contributed by atoms with Crippen LogP contribution in [0.2, 0.25) is 0 Å². The van der Waals surface area contributed by atoms with Gasteiger partial charge in [0.1, 0.15) is 0 Å². The number of hydrogen-bond acceptors (Lipinski definition) is 4. The lowest BCUT2D eigenvalue weighted by molar-refractivity contribution is 0.218. The van der Waals surface area contributed by atoms with Gasteiger partial charge < -0.3 is 19.9 Å². The maximum atomic E-state index is 12.5. The normalized spacial score (nSPS) is 17.3. The number of pyridine rings is 1. The number of carbonyl (C=O) groups is 1. The quantitative estimate of drug-likeness (QED) is 0.907. The maximum absolute atomic E-state index is 12.5. The Morgan fingerprint density at radius 3 is 3.00 bits per heavy atom. The average molecular weight is 342 g/mol. The van der Waals surface area contributed by atoms with Crippen molar-refractivity contribution in [2.45, 2.75) is 13.3 Å². The molecule has 1 saturated heterocycles. The molecule has 25 heavy (non-hydrogen) atoms. The summed E-state index contributed by atoms with van der Waals surface area (Å²) in [6.07, 6.45) is 1.07. The van der Waals surface area contributed by atoms with Gasteiger partial charge >= 0.3 is 6.03 Å². The number of nitrogens with zero attached hydrogens (tertiary/aromatic N) is 3. The molecule has 6 heteroatoms. The monoisotopic (exact) mass is 342 g/mol. The molecule has 2 heterocycles. The molecule has 134 valence electrons. The summed E-state index contributed by atoms with van der Waals surface area (Å²) in [4.78, 5) is 21.1. The van der Waals surface area contributed by atoms with Crippen molar-refractivity contribution in [3.05, 3.63) is 30.3 Å². The van der Waals surface area contributed by atoms with Crippen LogP contribution < -0.4 is 10.1 Å². The summed E-state index contributed by atoms with van der Waals surface area (Å²) in [5, 5.41) is 3.98. The van der Waals surface area contributed by atoms with Gasteiger partial charge in [-0.1, -0.05) is 6.92 Å². The van der Waals surface area contributed by atoms with E-state index in [9.17, 15) is 4.79 Å². The van der Waals surface area contributed by atoms with E-state index in [4.69, 9.17) is 4.74 Å². The van der Waals surface area contributed by atoms with E-state index in [1.165, 1.54) is 0 Å². The van der Waals surface area contributed by atoms with E-state index in [0.717, 1.165) is 49.2 Å². The molecule has 3 rings (SSSR count). The van der Waals surface area contributed by atoms with Crippen LogP contribution >= 0.6 is 0 Å². The lowest BCUT2D eigenvalue weighted by Crippen LogP contribution is -2.34. The number of benzene rings is 1. The van der Waals surface area contributed by atoms with Crippen molar-refractivity contribution in [2.75, 3.05) is 45.7 Å². The van der Waals surface area contributed by atoms with Crippen LogP contribution in [0.5, 0.6) is 5.88 Å². The summed E-state index contributed by atoms with van der Waals surface area (Å²) in [5.41, 5.74) is 1.64. The summed E-state index contributed by atoms with van der Waals surface area (Å²) in [7, 11) is 3.73. The van der Waals surface area contributed by atoms with Crippen molar-refractivity contribution >= 4 is 22.6 Å². The van der Waals surface area contributed by atoms with E-state index < -0.39 is 0 Å². The van der Waals surface area contributed by atoms with Crippen LogP contribution in [-0.2, 0) is 0 Å². The molecule has 1 fully saturated rings. The summed E-state index contributed by atoms with van der Waals surface area (Å²) >= 11 is 0. The van der Waals surface area contributed by atoms with Crippen molar-refractivity contribution in [3.8, 4) is 5.88 Å². The Hall–Kier alpha value is -2.34. The van der Waals surface area contributed by atoms with Crippen LogP contribution in [0.1, 0.15) is 13.3 Å². The Morgan fingerprint density at radius 1 is 1.40 bits per heavy atom. The minimum absolute atomic E-state index is 0.0255. The first kappa shape index (κ1) is 17.5. The number of hydrogen-bond donors (Lipinski definition) is 1. The van der Waals surface area contributed by atoms with Crippen LogP contribution in [-0.4, -0.2) is 61.2 Å². The van der Waals surface area contributed by atoms with E-state index in [1.54, 1.807) is 7.11 Å². The van der Waals surface area contributed by atoms with Crippen LogP contribution in [0, 0.1) is 5.92 Å². The molecule has 0 saturated carbocycles. The third-order valence-electron chi connectivity index (χ3n) is 4.81. The Bertz CT molecular complexity index is 749. The second-order valence-corrected chi connectivity index (χ2v) is 6.65. The molecule has 1 N–H and O–H groups in total. The number of urea groups is 1. The van der Waals surface area contributed by atoms with Gasteiger partial charge in [0.25, 0.3) is 0 Å². The highest BCUT2D eigenvalue weighted by Crippen LogP contribution is 2.22. The van der Waals surface area contributed by atoms with Gasteiger partial charge in [0.15, 0.2) is 0 Å². The second-order valence-electron chi connectivity index (χ2n) is 6.65. The number of anilines is 1. The molecule has 1 aliphatic heterocycles. The number of methoxy groups -OCH3 is 1. The summed E-state index contributed by atoms with van der Waals surface area (Å²) in [5.74, 6) is 1.15. The lowest BCUT2D eigenvalue weighted by Gasteiger charge is -2.20. The molecule has 6 nitrogen and oxygen atoms in total. The zero-order valence-corrected chi connectivity index (χ0v) is 15.2. The molecule has 0 aliphatic carbocycles. The van der Waals surface area contributed by atoms with E-state index in [0.29, 0.717) is 11.8 Å². The first-order valence-electron chi connectivity index (χ1n) is 8.78. The Kier molecular flexibility index (Phi) is 5.38. The topological polar surface area (TPSA) is 57.7 Å². The second kappa shape index (κ2) is 7.70. The Morgan fingerprint density at radius 2 is 2.24 bits per heavy atom. The first-order valence-corrected chi connectivity index (χ1v) is 8.78. The molecule has 2 aromatic rings. The minimum Gasteiger partial charge on any atom is -0.481 e. The summed E-state index contributed by atoms with van der Waals surface area (Å²) in [6.45, 7) is 5.88. The Labute approximate surface area is 148 Å². The predicted octanol–water partition coefficient (Wildman–Crippen LogP) is 3.05. The fourth-order valence-electron chi connectivity index (χ4n) is 3.24. The van der Waals surface area contributed by atoms with Gasteiger partial charge in [0, 0.05) is 36.8 Å². The van der Waals surface area contributed by atoms with Crippen molar-refractivity contribution in [2.24, 2.45) is 5.92 Å². The number of rotatable bonds is 5. The zero-order chi connectivity index (χ0) is 17.8. The van der Waals surface area contributed by atoms with Crippen LogP contribution in [0.3, 0.4) is 0 Å². The van der Waals surface area contributed by atoms with Gasteiger partial charge in [-0.3, -0.25) is 0 Å². The fourth-order valence-corrected chi connectivity index (χ4v) is 3.24. The first-order chi connectivity index (χ1) is 12.1. The van der Waals surface area contributed by atoms with E-state index in [-0.39, 0.29) is 6.03 Å². The van der Waals surface area contributed by atoms with Gasteiger partial charge in [-0.2, -0.15) is 0 Å². The number of ether oxygens (including phenoxy) is 1. The molecule has 1 aromatic carbocycles. The van der Waals surface area contributed by atoms with Gasteiger partial charge in [0.2, 0.25) is 5.88 Å². The molecule has 0 spiro atoms. The summed E-state index contributed by atoms with van der Waals surface area (Å²) < 4.78 is 5.14. The molecule has 0 unspecified atom stereocenters. The Balaban J connectivity index is 1.62. The SMILES string of the molecule is CCN(C)C[C@@H]1CCN(C(=O)Nc2ccc3nc(OC)ccc3c2)C1. The van der Waals surface area contributed by atoms with E-state index in [2.05, 4.69) is 29.2 Å². The van der Waals surface area contributed by atoms with E-state index in [1.807, 2.05) is 35.2 Å². The standard InChI is InChI=1S/C19H26N4O2/c1-4-22(2)12-14-9-10-23(13-14)19(24)20-16-6-7-17-15(11-16)5-8-18(21-17)25-3/h5-8,11,14H,4,9-10,12-13H2,1-3H3,(H,20,24)/t14-/m0/s1. The summed E-state index contributed by atoms with van der Waals surface area (Å²) in [6, 6.07) is 9.47. The maximum Gasteiger partial charge on any atom is 0.321 e. The largest absolute Gasteiger partial charge is 0.481 e. The smallest absolute Gasteiger partial charge is 0.321 e. The van der Waals surface area contributed by atoms with Crippen molar-refractivity contribution in [3.63, 3.8) is 0 Å². The number of carbonyl (C=O) groups excluding carboxylic acids is 1. The number of fused-ring (bicyclic) bond motifs is 1. The number of nitrogens with one attached hydrogen (secondary N) is 1. The van der Waals surface area contributed by atoms with Crippen molar-refractivity contribution in [1.29, 1.82) is 0 Å². The number of likely N-dealkylation sites (tertiary alicyclic amines) is 1. The highest BCUT2D eigenvalue weighted by atomic mass is 16.5. The fraction of sp³-hybridized carbons (Fsp3) is 0.474. The third-order valence-corrected chi connectivity index (χ3v) is 4.81. The van der Waals surface area contributed by atoms with Crippen LogP contribution in [0.25, 0.3) is 10.9 Å². The zero-order valence-electron chi connectivity index (χ0n) is 15.2. The molecule has 0 radical (unpaired) electrons. The number of amides is 2. The molecule has 1 atom stereocenters.